The van der Waals surface area contributed by atoms with Crippen molar-refractivity contribution in [1.29, 1.82) is 0 Å². The molecule has 0 saturated heterocycles. The maximum atomic E-state index is 5.59. The zero-order chi connectivity index (χ0) is 13.1. The third kappa shape index (κ3) is 2.89. The maximum absolute atomic E-state index is 5.59. The average Bonchev–Trinajstić information content (AvgIpc) is 2.71. The molecule has 4 heteroatoms. The standard InChI is InChI=1S/C14H19N3S/c1-10-11(2)18-14(16-10)17(3)9-13-6-4-12(8-15)5-7-13/h4-7H,8-9,15H2,1-3H3. The zero-order valence-electron chi connectivity index (χ0n) is 11.1. The minimum absolute atomic E-state index is 0.598. The number of benzene rings is 1. The molecular formula is C14H19N3S. The molecule has 2 rings (SSSR count). The van der Waals surface area contributed by atoms with Crippen molar-refractivity contribution in [2.75, 3.05) is 11.9 Å². The molecule has 1 aromatic carbocycles. The van der Waals surface area contributed by atoms with Crippen molar-refractivity contribution in [3.8, 4) is 0 Å². The van der Waals surface area contributed by atoms with E-state index in [2.05, 4.69) is 55.0 Å². The molecule has 0 bridgehead atoms. The first kappa shape index (κ1) is 13.1. The second-order valence-corrected chi connectivity index (χ2v) is 5.70. The Kier molecular flexibility index (Phi) is 3.99. The van der Waals surface area contributed by atoms with Gasteiger partial charge in [-0.15, -0.1) is 11.3 Å². The van der Waals surface area contributed by atoms with Crippen molar-refractivity contribution >= 4 is 16.5 Å². The summed E-state index contributed by atoms with van der Waals surface area (Å²) in [5, 5.41) is 1.08. The van der Waals surface area contributed by atoms with Crippen molar-refractivity contribution in [1.82, 2.24) is 4.98 Å². The number of thiazole rings is 1. The van der Waals surface area contributed by atoms with Gasteiger partial charge >= 0.3 is 0 Å². The van der Waals surface area contributed by atoms with Gasteiger partial charge in [0, 0.05) is 25.0 Å². The molecule has 0 unspecified atom stereocenters. The fourth-order valence-electron chi connectivity index (χ4n) is 1.74. The molecule has 3 nitrogen and oxygen atoms in total. The first-order chi connectivity index (χ1) is 8.60. The van der Waals surface area contributed by atoms with Crippen LogP contribution in [0.25, 0.3) is 0 Å². The van der Waals surface area contributed by atoms with Crippen LogP contribution < -0.4 is 10.6 Å². The van der Waals surface area contributed by atoms with Crippen LogP contribution in [-0.2, 0) is 13.1 Å². The van der Waals surface area contributed by atoms with Crippen molar-refractivity contribution < 1.29 is 0 Å². The molecule has 0 fully saturated rings. The van der Waals surface area contributed by atoms with Crippen LogP contribution in [-0.4, -0.2) is 12.0 Å². The lowest BCUT2D eigenvalue weighted by molar-refractivity contribution is 0.908. The van der Waals surface area contributed by atoms with Gasteiger partial charge in [0.25, 0.3) is 0 Å². The summed E-state index contributed by atoms with van der Waals surface area (Å²) in [5.74, 6) is 0. The van der Waals surface area contributed by atoms with Gasteiger partial charge in [-0.3, -0.25) is 0 Å². The van der Waals surface area contributed by atoms with Gasteiger partial charge in [0.15, 0.2) is 5.13 Å². The third-order valence-electron chi connectivity index (χ3n) is 3.02. The van der Waals surface area contributed by atoms with Crippen LogP contribution >= 0.6 is 11.3 Å². The summed E-state index contributed by atoms with van der Waals surface area (Å²) in [5.41, 5.74) is 9.16. The summed E-state index contributed by atoms with van der Waals surface area (Å²) in [6.45, 7) is 5.64. The van der Waals surface area contributed by atoms with Crippen LogP contribution in [0.5, 0.6) is 0 Å². The lowest BCUT2D eigenvalue weighted by Crippen LogP contribution is -2.16. The number of rotatable bonds is 4. The fraction of sp³-hybridized carbons (Fsp3) is 0.357. The van der Waals surface area contributed by atoms with E-state index in [4.69, 9.17) is 5.73 Å². The number of nitrogens with zero attached hydrogens (tertiary/aromatic N) is 2. The Morgan fingerprint density at radius 1 is 1.17 bits per heavy atom. The summed E-state index contributed by atoms with van der Waals surface area (Å²) in [4.78, 5) is 8.03. The Bertz CT molecular complexity index is 497. The van der Waals surface area contributed by atoms with E-state index in [9.17, 15) is 0 Å². The first-order valence-corrected chi connectivity index (χ1v) is 6.85. The third-order valence-corrected chi connectivity index (χ3v) is 4.21. The Balaban J connectivity index is 2.08. The molecular weight excluding hydrogens is 242 g/mol. The van der Waals surface area contributed by atoms with Gasteiger partial charge in [-0.1, -0.05) is 24.3 Å². The molecule has 0 aliphatic heterocycles. The highest BCUT2D eigenvalue weighted by Gasteiger charge is 2.08. The van der Waals surface area contributed by atoms with Gasteiger partial charge in [0.2, 0.25) is 0 Å². The number of anilines is 1. The minimum Gasteiger partial charge on any atom is -0.347 e. The van der Waals surface area contributed by atoms with E-state index in [-0.39, 0.29) is 0 Å². The molecule has 0 spiro atoms. The van der Waals surface area contributed by atoms with Gasteiger partial charge in [-0.2, -0.15) is 0 Å². The van der Waals surface area contributed by atoms with E-state index < -0.39 is 0 Å². The average molecular weight is 261 g/mol. The molecule has 0 radical (unpaired) electrons. The predicted octanol–water partition coefficient (Wildman–Crippen LogP) is 2.86. The maximum Gasteiger partial charge on any atom is 0.185 e. The largest absolute Gasteiger partial charge is 0.347 e. The van der Waals surface area contributed by atoms with Crippen LogP contribution in [0.3, 0.4) is 0 Å². The van der Waals surface area contributed by atoms with Crippen LogP contribution in [0.1, 0.15) is 21.7 Å². The summed E-state index contributed by atoms with van der Waals surface area (Å²) >= 11 is 1.74. The monoisotopic (exact) mass is 261 g/mol. The fourth-order valence-corrected chi connectivity index (χ4v) is 2.61. The van der Waals surface area contributed by atoms with Gasteiger partial charge in [-0.05, 0) is 25.0 Å². The molecule has 18 heavy (non-hydrogen) atoms. The van der Waals surface area contributed by atoms with Crippen LogP contribution in [0.15, 0.2) is 24.3 Å². The Labute approximate surface area is 112 Å². The molecule has 2 aromatic rings. The molecule has 0 aliphatic carbocycles. The number of hydrogen-bond acceptors (Lipinski definition) is 4. The van der Waals surface area contributed by atoms with Gasteiger partial charge in [-0.25, -0.2) is 4.98 Å². The molecule has 1 heterocycles. The van der Waals surface area contributed by atoms with Crippen molar-refractivity contribution in [3.63, 3.8) is 0 Å². The lowest BCUT2D eigenvalue weighted by Gasteiger charge is -2.15. The van der Waals surface area contributed by atoms with E-state index in [0.717, 1.165) is 17.4 Å². The summed E-state index contributed by atoms with van der Waals surface area (Å²) < 4.78 is 0. The molecule has 0 amide bonds. The van der Waals surface area contributed by atoms with Crippen molar-refractivity contribution in [3.05, 3.63) is 46.0 Å². The lowest BCUT2D eigenvalue weighted by atomic mass is 10.1. The van der Waals surface area contributed by atoms with Crippen LogP contribution in [0.4, 0.5) is 5.13 Å². The number of hydrogen-bond donors (Lipinski definition) is 1. The highest BCUT2D eigenvalue weighted by Crippen LogP contribution is 2.25. The van der Waals surface area contributed by atoms with E-state index in [1.54, 1.807) is 11.3 Å². The Morgan fingerprint density at radius 2 is 1.78 bits per heavy atom. The van der Waals surface area contributed by atoms with Gasteiger partial charge in [0.1, 0.15) is 0 Å². The predicted molar refractivity (Wildman–Crippen MR) is 78.0 cm³/mol. The Morgan fingerprint density at radius 3 is 2.28 bits per heavy atom. The minimum atomic E-state index is 0.598. The highest BCUT2D eigenvalue weighted by atomic mass is 32.1. The zero-order valence-corrected chi connectivity index (χ0v) is 11.9. The topological polar surface area (TPSA) is 42.2 Å². The van der Waals surface area contributed by atoms with E-state index in [0.29, 0.717) is 6.54 Å². The van der Waals surface area contributed by atoms with E-state index in [1.807, 2.05) is 0 Å². The SMILES string of the molecule is Cc1nc(N(C)Cc2ccc(CN)cc2)sc1C. The molecule has 96 valence electrons. The molecule has 0 atom stereocenters. The quantitative estimate of drug-likeness (QED) is 0.920. The van der Waals surface area contributed by atoms with Gasteiger partial charge < -0.3 is 10.6 Å². The second kappa shape index (κ2) is 5.50. The summed E-state index contributed by atoms with van der Waals surface area (Å²) in [6.07, 6.45) is 0. The van der Waals surface area contributed by atoms with Gasteiger partial charge in [0.05, 0.1) is 5.69 Å². The molecule has 2 N–H and O–H groups in total. The van der Waals surface area contributed by atoms with Crippen LogP contribution in [0, 0.1) is 13.8 Å². The molecule has 0 saturated carbocycles. The van der Waals surface area contributed by atoms with E-state index in [1.165, 1.54) is 16.0 Å². The van der Waals surface area contributed by atoms with Crippen molar-refractivity contribution in [2.24, 2.45) is 5.73 Å². The number of nitrogens with two attached hydrogens (primary N) is 1. The van der Waals surface area contributed by atoms with Crippen LogP contribution in [0.2, 0.25) is 0 Å². The van der Waals surface area contributed by atoms with E-state index >= 15 is 0 Å². The van der Waals surface area contributed by atoms with Crippen molar-refractivity contribution in [2.45, 2.75) is 26.9 Å². The first-order valence-electron chi connectivity index (χ1n) is 6.03. The summed E-state index contributed by atoms with van der Waals surface area (Å²) in [7, 11) is 2.08. The highest BCUT2D eigenvalue weighted by molar-refractivity contribution is 7.15. The number of aryl methyl sites for hydroxylation is 2. The number of aromatic nitrogens is 1. The normalized spacial score (nSPS) is 10.7. The molecule has 1 aromatic heterocycles. The second-order valence-electron chi connectivity index (χ2n) is 4.51. The molecule has 0 aliphatic rings. The smallest absolute Gasteiger partial charge is 0.185 e. The Hall–Kier alpha value is -1.39. The summed E-state index contributed by atoms with van der Waals surface area (Å²) in [6, 6.07) is 8.43.